The van der Waals surface area contributed by atoms with E-state index in [1.54, 1.807) is 24.3 Å². The number of hydrogen-bond acceptors (Lipinski definition) is 7. The fourth-order valence-corrected chi connectivity index (χ4v) is 2.94. The minimum absolute atomic E-state index is 0.0887. The van der Waals surface area contributed by atoms with Crippen LogP contribution in [0.2, 0.25) is 5.02 Å². The summed E-state index contributed by atoms with van der Waals surface area (Å²) in [4.78, 5) is 26.7. The highest BCUT2D eigenvalue weighted by atomic mass is 35.5. The molecule has 152 valence electrons. The fraction of sp³-hybridized carbons (Fsp3) is 0.0588. The molecule has 0 unspecified atom stereocenters. The zero-order valence-electron chi connectivity index (χ0n) is 14.6. The lowest BCUT2D eigenvalue weighted by atomic mass is 10.2. The maximum absolute atomic E-state index is 12.8. The van der Waals surface area contributed by atoms with Crippen LogP contribution in [-0.4, -0.2) is 29.4 Å². The van der Waals surface area contributed by atoms with Gasteiger partial charge in [0, 0.05) is 6.20 Å². The van der Waals surface area contributed by atoms with Crippen molar-refractivity contribution >= 4 is 40.0 Å². The summed E-state index contributed by atoms with van der Waals surface area (Å²) >= 11 is 5.88. The van der Waals surface area contributed by atoms with Gasteiger partial charge in [-0.3, -0.25) is 14.7 Å². The number of nitro groups is 1. The van der Waals surface area contributed by atoms with E-state index < -0.39 is 22.4 Å². The third-order valence-corrected chi connectivity index (χ3v) is 4.36. The Morgan fingerprint density at radius 3 is 2.57 bits per heavy atom. The third kappa shape index (κ3) is 3.48. The number of fused-ring (bicyclic) bond motifs is 1. The van der Waals surface area contributed by atoms with E-state index >= 15 is 0 Å². The van der Waals surface area contributed by atoms with Crippen molar-refractivity contribution in [2.45, 2.75) is 6.18 Å². The minimum atomic E-state index is -4.63. The summed E-state index contributed by atoms with van der Waals surface area (Å²) in [5, 5.41) is 13.9. The van der Waals surface area contributed by atoms with Crippen LogP contribution in [0.15, 0.2) is 49.2 Å². The molecule has 1 N–H and O–H groups in total. The lowest BCUT2D eigenvalue weighted by Gasteiger charge is -2.11. The van der Waals surface area contributed by atoms with Gasteiger partial charge in [0.25, 0.3) is 0 Å². The zero-order valence-corrected chi connectivity index (χ0v) is 15.4. The highest BCUT2D eigenvalue weighted by Crippen LogP contribution is 2.35. The van der Waals surface area contributed by atoms with Gasteiger partial charge in [0.2, 0.25) is 11.6 Å². The van der Waals surface area contributed by atoms with E-state index in [9.17, 15) is 23.3 Å². The minimum Gasteiger partial charge on any atom is -0.318 e. The number of aromatic nitrogens is 5. The third-order valence-electron chi connectivity index (χ3n) is 4.07. The molecule has 4 rings (SSSR count). The van der Waals surface area contributed by atoms with Crippen LogP contribution in [0.1, 0.15) is 5.56 Å². The number of anilines is 2. The molecule has 0 amide bonds. The maximum Gasteiger partial charge on any atom is 0.417 e. The molecular formula is C17H9ClF3N7O2. The largest absolute Gasteiger partial charge is 0.417 e. The van der Waals surface area contributed by atoms with Crippen molar-refractivity contribution in [1.29, 1.82) is 0 Å². The molecular weight excluding hydrogens is 427 g/mol. The number of imidazole rings is 1. The van der Waals surface area contributed by atoms with Crippen LogP contribution in [0.3, 0.4) is 0 Å². The summed E-state index contributed by atoms with van der Waals surface area (Å²) in [5.41, 5.74) is -0.428. The monoisotopic (exact) mass is 435 g/mol. The highest BCUT2D eigenvalue weighted by molar-refractivity contribution is 6.33. The number of alkyl halides is 3. The number of halogens is 4. The summed E-state index contributed by atoms with van der Waals surface area (Å²) in [6.07, 6.45) is -1.64. The van der Waals surface area contributed by atoms with Crippen molar-refractivity contribution in [1.82, 2.24) is 24.5 Å². The van der Waals surface area contributed by atoms with Gasteiger partial charge in [-0.15, -0.1) is 0 Å². The summed E-state index contributed by atoms with van der Waals surface area (Å²) < 4.78 is 39.8. The second-order valence-electron chi connectivity index (χ2n) is 5.93. The number of pyridine rings is 1. The number of para-hydroxylation sites is 2. The van der Waals surface area contributed by atoms with Crippen molar-refractivity contribution in [3.63, 3.8) is 0 Å². The molecule has 0 radical (unpaired) electrons. The smallest absolute Gasteiger partial charge is 0.318 e. The molecule has 0 fully saturated rings. The molecule has 0 atom stereocenters. The molecule has 0 aliphatic rings. The molecule has 30 heavy (non-hydrogen) atoms. The van der Waals surface area contributed by atoms with Gasteiger partial charge in [0.15, 0.2) is 5.82 Å². The SMILES string of the molecule is O=[N+]([O-])c1c(Nc2ncc(C(F)(F)F)cc2Cl)ncnc1-n1cnc2ccccc21. The summed E-state index contributed by atoms with van der Waals surface area (Å²) in [6.45, 7) is 0. The normalized spacial score (nSPS) is 11.6. The predicted molar refractivity (Wildman–Crippen MR) is 101 cm³/mol. The Hall–Kier alpha value is -3.80. The Labute approximate surface area is 170 Å². The molecule has 0 spiro atoms. The first-order valence-corrected chi connectivity index (χ1v) is 8.55. The van der Waals surface area contributed by atoms with Crippen LogP contribution in [0.25, 0.3) is 16.9 Å². The number of nitrogens with zero attached hydrogens (tertiary/aromatic N) is 6. The van der Waals surface area contributed by atoms with Gasteiger partial charge in [-0.2, -0.15) is 13.2 Å². The molecule has 3 heterocycles. The van der Waals surface area contributed by atoms with Crippen LogP contribution >= 0.6 is 11.6 Å². The van der Waals surface area contributed by atoms with Gasteiger partial charge >= 0.3 is 11.9 Å². The van der Waals surface area contributed by atoms with Crippen molar-refractivity contribution < 1.29 is 18.1 Å². The second kappa shape index (κ2) is 7.22. The van der Waals surface area contributed by atoms with Gasteiger partial charge in [0.1, 0.15) is 12.7 Å². The van der Waals surface area contributed by atoms with Crippen molar-refractivity contribution in [3.8, 4) is 5.82 Å². The van der Waals surface area contributed by atoms with Crippen LogP contribution in [0, 0.1) is 10.1 Å². The molecule has 13 heteroatoms. The number of rotatable bonds is 4. The van der Waals surface area contributed by atoms with E-state index in [1.807, 2.05) is 0 Å². The molecule has 0 bridgehead atoms. The molecule has 3 aromatic heterocycles. The van der Waals surface area contributed by atoms with E-state index in [2.05, 4.69) is 25.3 Å². The van der Waals surface area contributed by atoms with E-state index in [0.717, 1.165) is 6.33 Å². The Balaban J connectivity index is 1.81. The van der Waals surface area contributed by atoms with E-state index in [-0.39, 0.29) is 22.5 Å². The van der Waals surface area contributed by atoms with Crippen molar-refractivity contribution in [2.75, 3.05) is 5.32 Å². The Bertz CT molecular complexity index is 1280. The highest BCUT2D eigenvalue weighted by Gasteiger charge is 2.32. The van der Waals surface area contributed by atoms with Gasteiger partial charge in [-0.1, -0.05) is 23.7 Å². The zero-order chi connectivity index (χ0) is 21.5. The number of nitrogens with one attached hydrogen (secondary N) is 1. The van der Waals surface area contributed by atoms with Crippen molar-refractivity contribution in [2.24, 2.45) is 0 Å². The lowest BCUT2D eigenvalue weighted by Crippen LogP contribution is -2.09. The van der Waals surface area contributed by atoms with E-state index in [0.29, 0.717) is 23.3 Å². The molecule has 9 nitrogen and oxygen atoms in total. The molecule has 0 saturated carbocycles. The molecule has 0 saturated heterocycles. The van der Waals surface area contributed by atoms with Gasteiger partial charge in [0.05, 0.1) is 26.5 Å². The summed E-state index contributed by atoms with van der Waals surface area (Å²) in [7, 11) is 0. The average molecular weight is 436 g/mol. The predicted octanol–water partition coefficient (Wildman–Crippen LogP) is 4.53. The summed E-state index contributed by atoms with van der Waals surface area (Å²) in [5.74, 6) is -0.612. The standard InChI is InChI=1S/C17H9ClF3N7O2/c18-10-5-9(17(19,20)21)6-22-14(10)26-15-13(28(29)30)16(24-7-23-15)27-8-25-11-3-1-2-4-12(11)27/h1-8H,(H,22,23,24,26). The first-order valence-electron chi connectivity index (χ1n) is 8.17. The Morgan fingerprint density at radius 1 is 1.10 bits per heavy atom. The first kappa shape index (κ1) is 19.5. The topological polar surface area (TPSA) is 112 Å². The van der Waals surface area contributed by atoms with Gasteiger partial charge in [-0.05, 0) is 18.2 Å². The van der Waals surface area contributed by atoms with Gasteiger partial charge in [-0.25, -0.2) is 19.9 Å². The average Bonchev–Trinajstić information content (AvgIpc) is 3.12. The maximum atomic E-state index is 12.8. The fourth-order valence-electron chi connectivity index (χ4n) is 2.73. The van der Waals surface area contributed by atoms with E-state index in [1.165, 1.54) is 10.9 Å². The van der Waals surface area contributed by atoms with Crippen LogP contribution in [0.5, 0.6) is 0 Å². The second-order valence-corrected chi connectivity index (χ2v) is 6.34. The lowest BCUT2D eigenvalue weighted by molar-refractivity contribution is -0.384. The number of benzene rings is 1. The van der Waals surface area contributed by atoms with Crippen LogP contribution < -0.4 is 5.32 Å². The summed E-state index contributed by atoms with van der Waals surface area (Å²) in [6, 6.07) is 7.59. The van der Waals surface area contributed by atoms with Crippen molar-refractivity contribution in [3.05, 3.63) is 69.9 Å². The quantitative estimate of drug-likeness (QED) is 0.370. The molecule has 1 aromatic carbocycles. The Morgan fingerprint density at radius 2 is 1.87 bits per heavy atom. The number of hydrogen-bond donors (Lipinski definition) is 1. The van der Waals surface area contributed by atoms with Crippen LogP contribution in [-0.2, 0) is 6.18 Å². The molecule has 4 aromatic rings. The van der Waals surface area contributed by atoms with Gasteiger partial charge < -0.3 is 5.32 Å². The molecule has 0 aliphatic heterocycles. The first-order chi connectivity index (χ1) is 14.3. The molecule has 0 aliphatic carbocycles. The van der Waals surface area contributed by atoms with Crippen LogP contribution in [0.4, 0.5) is 30.5 Å². The Kier molecular flexibility index (Phi) is 4.70. The van der Waals surface area contributed by atoms with E-state index in [4.69, 9.17) is 11.6 Å².